The summed E-state index contributed by atoms with van der Waals surface area (Å²) in [6.45, 7) is 2.14. The summed E-state index contributed by atoms with van der Waals surface area (Å²) in [6.07, 6.45) is 0. The standard InChI is InChI=1S/C27H24ClNO4/c1-16-7-9-17(10-8-16)22-23(26(31)32-2)29-24(18-11-13-19(28)14-12-18)27(22)15-33-21-6-4-3-5-20(21)25(27)30/h3-14,22-24,29H,15H2,1-2H3/t22-,23+,24+,27+/m1/s1. The van der Waals surface area contributed by atoms with Crippen molar-refractivity contribution in [3.8, 4) is 5.75 Å². The number of rotatable bonds is 3. The van der Waals surface area contributed by atoms with E-state index in [4.69, 9.17) is 21.1 Å². The number of para-hydroxylation sites is 1. The molecule has 168 valence electrons. The van der Waals surface area contributed by atoms with Gasteiger partial charge in [-0.05, 0) is 42.3 Å². The third-order valence-corrected chi connectivity index (χ3v) is 7.12. The topological polar surface area (TPSA) is 64.6 Å². The molecule has 2 aliphatic rings. The maximum absolute atomic E-state index is 14.3. The monoisotopic (exact) mass is 461 g/mol. The molecule has 1 saturated heterocycles. The number of aryl methyl sites for hydroxylation is 1. The fourth-order valence-corrected chi connectivity index (χ4v) is 5.41. The van der Waals surface area contributed by atoms with Crippen molar-refractivity contribution in [3.63, 3.8) is 0 Å². The number of nitrogens with one attached hydrogen (secondary N) is 1. The molecule has 2 heterocycles. The number of ether oxygens (including phenoxy) is 2. The van der Waals surface area contributed by atoms with Gasteiger partial charge in [-0.15, -0.1) is 0 Å². The smallest absolute Gasteiger partial charge is 0.323 e. The Bertz CT molecular complexity index is 1210. The average Bonchev–Trinajstić information content (AvgIpc) is 3.18. The van der Waals surface area contributed by atoms with Crippen LogP contribution in [0.5, 0.6) is 5.75 Å². The molecule has 4 atom stereocenters. The van der Waals surface area contributed by atoms with Gasteiger partial charge < -0.3 is 9.47 Å². The van der Waals surface area contributed by atoms with Crippen LogP contribution in [0.25, 0.3) is 0 Å². The lowest BCUT2D eigenvalue weighted by Crippen LogP contribution is -2.48. The first kappa shape index (κ1) is 21.7. The van der Waals surface area contributed by atoms with Crippen molar-refractivity contribution >= 4 is 23.4 Å². The molecule has 0 aliphatic carbocycles. The SMILES string of the molecule is COC(=O)[C@H]1N[C@@H](c2ccc(Cl)cc2)[C@]2(COc3ccccc3C2=O)[C@@H]1c1ccc(C)cc1. The quantitative estimate of drug-likeness (QED) is 0.563. The predicted molar refractivity (Wildman–Crippen MR) is 126 cm³/mol. The van der Waals surface area contributed by atoms with Gasteiger partial charge in [-0.25, -0.2) is 0 Å². The van der Waals surface area contributed by atoms with Gasteiger partial charge in [-0.2, -0.15) is 0 Å². The first-order chi connectivity index (χ1) is 16.0. The molecule has 0 unspecified atom stereocenters. The Labute approximate surface area is 197 Å². The maximum Gasteiger partial charge on any atom is 0.323 e. The molecule has 0 saturated carbocycles. The molecule has 6 heteroatoms. The van der Waals surface area contributed by atoms with Gasteiger partial charge in [-0.3, -0.25) is 14.9 Å². The molecule has 3 aromatic rings. The molecule has 1 spiro atoms. The van der Waals surface area contributed by atoms with Crippen molar-refractivity contribution in [2.75, 3.05) is 13.7 Å². The largest absolute Gasteiger partial charge is 0.492 e. The number of hydrogen-bond donors (Lipinski definition) is 1. The van der Waals surface area contributed by atoms with E-state index >= 15 is 0 Å². The average molecular weight is 462 g/mol. The maximum atomic E-state index is 14.3. The number of methoxy groups -OCH3 is 1. The van der Waals surface area contributed by atoms with E-state index in [2.05, 4.69) is 5.32 Å². The fourth-order valence-electron chi connectivity index (χ4n) is 5.28. The Morgan fingerprint density at radius 3 is 2.39 bits per heavy atom. The molecular formula is C27H24ClNO4. The van der Waals surface area contributed by atoms with Crippen molar-refractivity contribution < 1.29 is 19.1 Å². The number of benzene rings is 3. The normalized spacial score (nSPS) is 26.0. The van der Waals surface area contributed by atoms with Crippen molar-refractivity contribution in [1.82, 2.24) is 5.32 Å². The zero-order valence-corrected chi connectivity index (χ0v) is 19.1. The second-order valence-electron chi connectivity index (χ2n) is 8.69. The number of carbonyl (C=O) groups is 2. The molecule has 33 heavy (non-hydrogen) atoms. The molecule has 1 N–H and O–H groups in total. The van der Waals surface area contributed by atoms with E-state index in [1.807, 2.05) is 55.5 Å². The molecule has 0 amide bonds. The van der Waals surface area contributed by atoms with Crippen LogP contribution in [0.3, 0.4) is 0 Å². The lowest BCUT2D eigenvalue weighted by molar-refractivity contribution is -0.143. The highest BCUT2D eigenvalue weighted by atomic mass is 35.5. The summed E-state index contributed by atoms with van der Waals surface area (Å²) in [4.78, 5) is 27.3. The summed E-state index contributed by atoms with van der Waals surface area (Å²) >= 11 is 6.15. The van der Waals surface area contributed by atoms with Crippen LogP contribution in [0.4, 0.5) is 0 Å². The minimum atomic E-state index is -1.06. The molecule has 1 fully saturated rings. The second kappa shape index (κ2) is 8.32. The van der Waals surface area contributed by atoms with E-state index in [-0.39, 0.29) is 12.4 Å². The summed E-state index contributed by atoms with van der Waals surface area (Å²) in [5, 5.41) is 4.04. The van der Waals surface area contributed by atoms with Gasteiger partial charge in [0, 0.05) is 17.0 Å². The predicted octanol–water partition coefficient (Wildman–Crippen LogP) is 4.88. The van der Waals surface area contributed by atoms with Crippen molar-refractivity contribution in [2.24, 2.45) is 5.41 Å². The minimum Gasteiger partial charge on any atom is -0.492 e. The fraction of sp³-hybridized carbons (Fsp3) is 0.259. The third-order valence-electron chi connectivity index (χ3n) is 6.87. The van der Waals surface area contributed by atoms with Gasteiger partial charge in [0.1, 0.15) is 18.4 Å². The third kappa shape index (κ3) is 3.43. The van der Waals surface area contributed by atoms with Crippen molar-refractivity contribution in [1.29, 1.82) is 0 Å². The molecule has 0 bridgehead atoms. The lowest BCUT2D eigenvalue weighted by Gasteiger charge is -2.41. The number of ketones is 1. The van der Waals surface area contributed by atoms with Gasteiger partial charge in [0.05, 0.1) is 18.1 Å². The van der Waals surface area contributed by atoms with Gasteiger partial charge in [0.25, 0.3) is 0 Å². The van der Waals surface area contributed by atoms with Gasteiger partial charge >= 0.3 is 5.97 Å². The Balaban J connectivity index is 1.75. The molecule has 2 aliphatic heterocycles. The zero-order chi connectivity index (χ0) is 23.2. The Kier molecular flexibility index (Phi) is 5.47. The number of esters is 1. The van der Waals surface area contributed by atoms with Crippen LogP contribution < -0.4 is 10.1 Å². The van der Waals surface area contributed by atoms with Crippen LogP contribution in [0.2, 0.25) is 5.02 Å². The summed E-state index contributed by atoms with van der Waals surface area (Å²) < 4.78 is 11.4. The van der Waals surface area contributed by atoms with E-state index in [0.717, 1.165) is 16.7 Å². The molecule has 3 aromatic carbocycles. The van der Waals surface area contributed by atoms with Crippen LogP contribution in [-0.2, 0) is 9.53 Å². The lowest BCUT2D eigenvalue weighted by atomic mass is 9.62. The number of fused-ring (bicyclic) bond motifs is 1. The molecule has 0 aromatic heterocycles. The van der Waals surface area contributed by atoms with E-state index in [1.165, 1.54) is 7.11 Å². The van der Waals surface area contributed by atoms with Crippen LogP contribution in [0.1, 0.15) is 39.0 Å². The number of Topliss-reactive ketones (excluding diaryl/α,β-unsaturated/α-hetero) is 1. The highest BCUT2D eigenvalue weighted by molar-refractivity contribution is 6.30. The number of hydrogen-bond acceptors (Lipinski definition) is 5. The Morgan fingerprint density at radius 2 is 1.70 bits per heavy atom. The van der Waals surface area contributed by atoms with Crippen LogP contribution in [-0.4, -0.2) is 31.5 Å². The Hall–Kier alpha value is -3.15. The van der Waals surface area contributed by atoms with Crippen LogP contribution in [0.15, 0.2) is 72.8 Å². The molecule has 0 radical (unpaired) electrons. The van der Waals surface area contributed by atoms with Crippen LogP contribution >= 0.6 is 11.6 Å². The van der Waals surface area contributed by atoms with E-state index in [1.54, 1.807) is 24.3 Å². The molecular weight excluding hydrogens is 438 g/mol. The minimum absolute atomic E-state index is 0.0474. The summed E-state index contributed by atoms with van der Waals surface area (Å²) in [7, 11) is 1.37. The zero-order valence-electron chi connectivity index (χ0n) is 18.4. The summed E-state index contributed by atoms with van der Waals surface area (Å²) in [6, 6.07) is 21.4. The summed E-state index contributed by atoms with van der Waals surface area (Å²) in [5.41, 5.74) is 2.30. The van der Waals surface area contributed by atoms with E-state index < -0.39 is 29.4 Å². The first-order valence-electron chi connectivity index (χ1n) is 10.9. The summed E-state index contributed by atoms with van der Waals surface area (Å²) in [5.74, 6) is -0.393. The van der Waals surface area contributed by atoms with E-state index in [9.17, 15) is 9.59 Å². The highest BCUT2D eigenvalue weighted by Crippen LogP contribution is 2.57. The molecule has 5 nitrogen and oxygen atoms in total. The second-order valence-corrected chi connectivity index (χ2v) is 9.13. The molecule has 5 rings (SSSR count). The van der Waals surface area contributed by atoms with Crippen molar-refractivity contribution in [2.45, 2.75) is 24.9 Å². The van der Waals surface area contributed by atoms with Gasteiger partial charge in [0.15, 0.2) is 5.78 Å². The van der Waals surface area contributed by atoms with Crippen molar-refractivity contribution in [3.05, 3.63) is 100 Å². The van der Waals surface area contributed by atoms with Gasteiger partial charge in [0.2, 0.25) is 0 Å². The first-order valence-corrected chi connectivity index (χ1v) is 11.3. The Morgan fingerprint density at radius 1 is 1.03 bits per heavy atom. The van der Waals surface area contributed by atoms with Gasteiger partial charge in [-0.1, -0.05) is 65.7 Å². The number of carbonyl (C=O) groups excluding carboxylic acids is 2. The highest BCUT2D eigenvalue weighted by Gasteiger charge is 2.64. The van der Waals surface area contributed by atoms with Crippen LogP contribution in [0, 0.1) is 12.3 Å². The van der Waals surface area contributed by atoms with E-state index in [0.29, 0.717) is 16.3 Å². The number of halogens is 1.